The molecule has 55 heavy (non-hydrogen) atoms. The number of rotatable bonds is 7. The summed E-state index contributed by atoms with van der Waals surface area (Å²) in [6.07, 6.45) is 0. The number of fused-ring (bicyclic) bond motifs is 4. The van der Waals surface area contributed by atoms with Crippen molar-refractivity contribution >= 4 is 49.4 Å². The van der Waals surface area contributed by atoms with Crippen LogP contribution in [0, 0.1) is 0 Å². The zero-order valence-electron chi connectivity index (χ0n) is 30.3. The maximum Gasteiger partial charge on any atom is 0.0540 e. The number of para-hydroxylation sites is 1. The van der Waals surface area contributed by atoms with Crippen molar-refractivity contribution in [3.05, 3.63) is 224 Å². The molecule has 0 bridgehead atoms. The Kier molecular flexibility index (Phi) is 8.24. The van der Waals surface area contributed by atoms with Gasteiger partial charge < -0.3 is 4.90 Å². The van der Waals surface area contributed by atoms with Crippen molar-refractivity contribution in [2.75, 3.05) is 4.90 Å². The van der Waals surface area contributed by atoms with Gasteiger partial charge in [0.1, 0.15) is 0 Å². The van der Waals surface area contributed by atoms with Crippen molar-refractivity contribution in [2.24, 2.45) is 0 Å². The van der Waals surface area contributed by atoms with Crippen molar-refractivity contribution in [1.29, 1.82) is 0 Å². The molecule has 10 aromatic rings. The zero-order chi connectivity index (χ0) is 36.6. The summed E-state index contributed by atoms with van der Waals surface area (Å²) in [6.45, 7) is 0. The summed E-state index contributed by atoms with van der Waals surface area (Å²) in [5.41, 5.74) is 13.0. The molecule has 0 unspecified atom stereocenters. The van der Waals surface area contributed by atoms with Crippen molar-refractivity contribution in [3.63, 3.8) is 0 Å². The minimum absolute atomic E-state index is 1.09. The fraction of sp³-hybridized carbons (Fsp3) is 0. The minimum atomic E-state index is 1.09. The van der Waals surface area contributed by atoms with Gasteiger partial charge in [-0.05, 0) is 108 Å². The fourth-order valence-electron chi connectivity index (χ4n) is 8.28. The highest BCUT2D eigenvalue weighted by molar-refractivity contribution is 6.14. The van der Waals surface area contributed by atoms with Gasteiger partial charge in [-0.15, -0.1) is 0 Å². The third-order valence-corrected chi connectivity index (χ3v) is 10.8. The molecular formula is C54H37N. The maximum absolute atomic E-state index is 2.42. The van der Waals surface area contributed by atoms with Crippen molar-refractivity contribution < 1.29 is 0 Å². The first-order chi connectivity index (χ1) is 27.3. The lowest BCUT2D eigenvalue weighted by Crippen LogP contribution is -2.11. The Bertz CT molecular complexity index is 2960. The number of nitrogens with zero attached hydrogens (tertiary/aromatic N) is 1. The molecule has 0 N–H and O–H groups in total. The summed E-state index contributed by atoms with van der Waals surface area (Å²) < 4.78 is 0. The molecule has 0 saturated carbocycles. The molecule has 0 aliphatic carbocycles. The summed E-state index contributed by atoms with van der Waals surface area (Å²) in [4.78, 5) is 2.42. The molecule has 10 rings (SSSR count). The third kappa shape index (κ3) is 5.93. The molecule has 258 valence electrons. The van der Waals surface area contributed by atoms with E-state index in [9.17, 15) is 0 Å². The van der Waals surface area contributed by atoms with Crippen LogP contribution >= 0.6 is 0 Å². The molecule has 0 fully saturated rings. The van der Waals surface area contributed by atoms with Gasteiger partial charge in [0.2, 0.25) is 0 Å². The van der Waals surface area contributed by atoms with Crippen molar-refractivity contribution in [3.8, 4) is 44.5 Å². The molecule has 0 aliphatic rings. The van der Waals surface area contributed by atoms with Gasteiger partial charge >= 0.3 is 0 Å². The van der Waals surface area contributed by atoms with Crippen LogP contribution in [0.3, 0.4) is 0 Å². The second-order valence-electron chi connectivity index (χ2n) is 14.1. The molecular weight excluding hydrogens is 663 g/mol. The Morgan fingerprint density at radius 2 is 0.836 bits per heavy atom. The normalized spacial score (nSPS) is 11.3. The van der Waals surface area contributed by atoms with Gasteiger partial charge in [-0.3, -0.25) is 0 Å². The smallest absolute Gasteiger partial charge is 0.0540 e. The van der Waals surface area contributed by atoms with Gasteiger partial charge in [-0.1, -0.05) is 188 Å². The predicted octanol–water partition coefficient (Wildman–Crippen LogP) is 15.3. The summed E-state index contributed by atoms with van der Waals surface area (Å²) in [5.74, 6) is 0. The Morgan fingerprint density at radius 3 is 1.60 bits per heavy atom. The molecule has 0 heterocycles. The van der Waals surface area contributed by atoms with Gasteiger partial charge in [0.05, 0.1) is 5.69 Å². The fourth-order valence-corrected chi connectivity index (χ4v) is 8.28. The van der Waals surface area contributed by atoms with Gasteiger partial charge in [0.25, 0.3) is 0 Å². The Hall–Kier alpha value is -7.22. The van der Waals surface area contributed by atoms with Gasteiger partial charge in [0, 0.05) is 16.9 Å². The number of anilines is 3. The van der Waals surface area contributed by atoms with E-state index in [1.54, 1.807) is 0 Å². The predicted molar refractivity (Wildman–Crippen MR) is 235 cm³/mol. The van der Waals surface area contributed by atoms with Gasteiger partial charge in [0.15, 0.2) is 0 Å². The zero-order valence-corrected chi connectivity index (χ0v) is 30.3. The lowest BCUT2D eigenvalue weighted by atomic mass is 9.89. The van der Waals surface area contributed by atoms with Crippen LogP contribution in [0.5, 0.6) is 0 Å². The first-order valence-electron chi connectivity index (χ1n) is 18.9. The van der Waals surface area contributed by atoms with E-state index in [0.29, 0.717) is 0 Å². The molecule has 0 amide bonds. The van der Waals surface area contributed by atoms with E-state index in [4.69, 9.17) is 0 Å². The molecule has 10 aromatic carbocycles. The minimum Gasteiger partial charge on any atom is -0.310 e. The van der Waals surface area contributed by atoms with E-state index in [1.807, 2.05) is 0 Å². The lowest BCUT2D eigenvalue weighted by Gasteiger charge is -2.28. The molecule has 0 aromatic heterocycles. The lowest BCUT2D eigenvalue weighted by molar-refractivity contribution is 1.28. The summed E-state index contributed by atoms with van der Waals surface area (Å²) in [7, 11) is 0. The molecule has 0 spiro atoms. The molecule has 0 radical (unpaired) electrons. The number of hydrogen-bond acceptors (Lipinski definition) is 1. The quantitative estimate of drug-likeness (QED) is 0.150. The van der Waals surface area contributed by atoms with Crippen LogP contribution in [0.2, 0.25) is 0 Å². The molecule has 0 atom stereocenters. The second kappa shape index (κ2) is 14.0. The topological polar surface area (TPSA) is 3.24 Å². The summed E-state index contributed by atoms with van der Waals surface area (Å²) in [6, 6.07) is 81.4. The molecule has 1 nitrogen and oxygen atoms in total. The Morgan fingerprint density at radius 1 is 0.255 bits per heavy atom. The van der Waals surface area contributed by atoms with Crippen LogP contribution in [0.1, 0.15) is 0 Å². The average Bonchev–Trinajstić information content (AvgIpc) is 3.27. The average molecular weight is 700 g/mol. The maximum atomic E-state index is 2.42. The highest BCUT2D eigenvalue weighted by atomic mass is 15.1. The highest BCUT2D eigenvalue weighted by Gasteiger charge is 2.20. The Labute approximate surface area is 322 Å². The summed E-state index contributed by atoms with van der Waals surface area (Å²) in [5, 5.41) is 7.52. The van der Waals surface area contributed by atoms with Crippen molar-refractivity contribution in [1.82, 2.24) is 0 Å². The van der Waals surface area contributed by atoms with Crippen LogP contribution < -0.4 is 4.90 Å². The largest absolute Gasteiger partial charge is 0.310 e. The summed E-state index contributed by atoms with van der Waals surface area (Å²) >= 11 is 0. The van der Waals surface area contributed by atoms with Crippen LogP contribution in [0.4, 0.5) is 17.1 Å². The Balaban J connectivity index is 1.16. The van der Waals surface area contributed by atoms with Gasteiger partial charge in [-0.25, -0.2) is 0 Å². The SMILES string of the molecule is c1ccc(-c2ccccc2N(c2ccc(-c3c(-c4ccccc4)ccc4ccccc34)cc2)c2cccc(-c3cc4ccccc4c4ccccc34)c2)cc1. The first-order valence-corrected chi connectivity index (χ1v) is 18.9. The van der Waals surface area contributed by atoms with E-state index in [1.165, 1.54) is 76.8 Å². The van der Waals surface area contributed by atoms with E-state index >= 15 is 0 Å². The number of hydrogen-bond donors (Lipinski definition) is 0. The first kappa shape index (κ1) is 32.4. The van der Waals surface area contributed by atoms with Crippen LogP contribution in [-0.4, -0.2) is 0 Å². The van der Waals surface area contributed by atoms with E-state index < -0.39 is 0 Å². The van der Waals surface area contributed by atoms with E-state index in [0.717, 1.165) is 17.1 Å². The van der Waals surface area contributed by atoms with Gasteiger partial charge in [-0.2, -0.15) is 0 Å². The highest BCUT2D eigenvalue weighted by Crippen LogP contribution is 2.45. The van der Waals surface area contributed by atoms with Crippen molar-refractivity contribution in [2.45, 2.75) is 0 Å². The van der Waals surface area contributed by atoms with Crippen LogP contribution in [0.15, 0.2) is 224 Å². The van der Waals surface area contributed by atoms with Crippen LogP contribution in [0.25, 0.3) is 76.8 Å². The standard InChI is InChI=1S/C54H37N/c1-3-16-38(17-4-1)47-25-13-14-29-53(47)55(45-23-15-22-42(36-45)52-37-43-21-8-9-24-46(43)50-27-11-12-28-51(50)52)44-33-30-41(31-34-44)54-48-26-10-7-20-40(48)32-35-49(54)39-18-5-2-6-19-39/h1-37H. The third-order valence-electron chi connectivity index (χ3n) is 10.8. The number of benzene rings is 10. The molecule has 0 saturated heterocycles. The van der Waals surface area contributed by atoms with E-state index in [2.05, 4.69) is 229 Å². The second-order valence-corrected chi connectivity index (χ2v) is 14.1. The molecule has 0 aliphatic heterocycles. The van der Waals surface area contributed by atoms with E-state index in [-0.39, 0.29) is 0 Å². The monoisotopic (exact) mass is 699 g/mol. The molecule has 1 heteroatoms. The van der Waals surface area contributed by atoms with Crippen LogP contribution in [-0.2, 0) is 0 Å².